The highest BCUT2D eigenvalue weighted by molar-refractivity contribution is 5.95. The second kappa shape index (κ2) is 7.19. The van der Waals surface area contributed by atoms with E-state index < -0.39 is 0 Å². The van der Waals surface area contributed by atoms with Gasteiger partial charge in [0.05, 0.1) is 14.2 Å². The molecule has 2 aromatic carbocycles. The Morgan fingerprint density at radius 2 is 1.56 bits per heavy atom. The van der Waals surface area contributed by atoms with E-state index in [0.717, 1.165) is 31.6 Å². The zero-order chi connectivity index (χ0) is 18.8. The lowest BCUT2D eigenvalue weighted by atomic mass is 10.2. The maximum Gasteiger partial charge on any atom is 0.228 e. The summed E-state index contributed by atoms with van der Waals surface area (Å²) in [6, 6.07) is 14.1. The third kappa shape index (κ3) is 3.16. The highest BCUT2D eigenvalue weighted by atomic mass is 16.5. The molecule has 0 radical (unpaired) electrons. The van der Waals surface area contributed by atoms with Crippen molar-refractivity contribution in [1.29, 1.82) is 0 Å². The van der Waals surface area contributed by atoms with E-state index in [1.54, 1.807) is 14.2 Å². The normalized spacial score (nSPS) is 14.4. The second-order valence-corrected chi connectivity index (χ2v) is 6.42. The second-order valence-electron chi connectivity index (χ2n) is 6.42. The van der Waals surface area contributed by atoms with E-state index in [9.17, 15) is 0 Å². The van der Waals surface area contributed by atoms with Crippen LogP contribution in [0.5, 0.6) is 11.5 Å². The van der Waals surface area contributed by atoms with Crippen molar-refractivity contribution in [3.05, 3.63) is 42.5 Å². The molecule has 0 saturated carbocycles. The molecule has 2 heterocycles. The third-order valence-electron chi connectivity index (χ3n) is 4.91. The Hall–Kier alpha value is -3.22. The topological polar surface area (TPSA) is 76.7 Å². The summed E-state index contributed by atoms with van der Waals surface area (Å²) < 4.78 is 10.9. The summed E-state index contributed by atoms with van der Waals surface area (Å²) >= 11 is 0. The molecule has 0 spiro atoms. The summed E-state index contributed by atoms with van der Waals surface area (Å²) in [4.78, 5) is 13.8. The molecule has 1 aliphatic heterocycles. The van der Waals surface area contributed by atoms with Gasteiger partial charge in [-0.1, -0.05) is 18.2 Å². The van der Waals surface area contributed by atoms with E-state index in [2.05, 4.69) is 39.0 Å². The van der Waals surface area contributed by atoms with Crippen LogP contribution in [0.3, 0.4) is 0 Å². The van der Waals surface area contributed by atoms with Crippen LogP contribution in [0.4, 0.5) is 17.5 Å². The first-order valence-corrected chi connectivity index (χ1v) is 8.94. The monoisotopic (exact) mass is 365 g/mol. The molecule has 0 aliphatic carbocycles. The first-order valence-electron chi connectivity index (χ1n) is 8.94. The lowest BCUT2D eigenvalue weighted by molar-refractivity contribution is 0.358. The van der Waals surface area contributed by atoms with Gasteiger partial charge < -0.3 is 25.0 Å². The largest absolute Gasteiger partial charge is 0.493 e. The van der Waals surface area contributed by atoms with Crippen LogP contribution in [0.1, 0.15) is 0 Å². The highest BCUT2D eigenvalue weighted by Crippen LogP contribution is 2.36. The van der Waals surface area contributed by atoms with Gasteiger partial charge in [-0.25, -0.2) is 4.98 Å². The maximum atomic E-state index is 6.21. The molecule has 27 heavy (non-hydrogen) atoms. The molecule has 0 unspecified atom stereocenters. The molecule has 1 saturated heterocycles. The van der Waals surface area contributed by atoms with Crippen molar-refractivity contribution in [3.63, 3.8) is 0 Å². The number of methoxy groups -OCH3 is 2. The molecule has 0 atom stereocenters. The Bertz CT molecular complexity index is 940. The minimum atomic E-state index is 0.446. The molecule has 0 amide bonds. The number of hydrogen-bond acceptors (Lipinski definition) is 7. The summed E-state index contributed by atoms with van der Waals surface area (Å²) in [7, 11) is 3.21. The SMILES string of the molecule is COc1ccc2c(N)nc(N3CCN(c4ccccc4)CC3)nc2c1OC. The Morgan fingerprint density at radius 1 is 0.852 bits per heavy atom. The Balaban J connectivity index is 1.63. The number of hydrogen-bond donors (Lipinski definition) is 1. The van der Waals surface area contributed by atoms with Crippen LogP contribution in [-0.4, -0.2) is 50.4 Å². The van der Waals surface area contributed by atoms with Crippen molar-refractivity contribution >= 4 is 28.4 Å². The summed E-state index contributed by atoms with van der Waals surface area (Å²) in [5.74, 6) is 2.27. The summed E-state index contributed by atoms with van der Waals surface area (Å²) in [5, 5.41) is 0.763. The van der Waals surface area contributed by atoms with Crippen molar-refractivity contribution in [2.24, 2.45) is 0 Å². The van der Waals surface area contributed by atoms with Gasteiger partial charge in [0.15, 0.2) is 11.5 Å². The first-order chi connectivity index (χ1) is 13.2. The van der Waals surface area contributed by atoms with Gasteiger partial charge in [0, 0.05) is 37.3 Å². The van der Waals surface area contributed by atoms with Gasteiger partial charge >= 0.3 is 0 Å². The van der Waals surface area contributed by atoms with E-state index in [0.29, 0.717) is 28.8 Å². The van der Waals surface area contributed by atoms with Crippen molar-refractivity contribution in [2.45, 2.75) is 0 Å². The van der Waals surface area contributed by atoms with Gasteiger partial charge in [0.2, 0.25) is 5.95 Å². The van der Waals surface area contributed by atoms with E-state index >= 15 is 0 Å². The summed E-state index contributed by atoms with van der Waals surface area (Å²) in [6.45, 7) is 3.46. The molecule has 2 N–H and O–H groups in total. The molecule has 0 bridgehead atoms. The van der Waals surface area contributed by atoms with Crippen LogP contribution in [-0.2, 0) is 0 Å². The van der Waals surface area contributed by atoms with Crippen LogP contribution in [0.25, 0.3) is 10.9 Å². The molecule has 7 nitrogen and oxygen atoms in total. The molecular formula is C20H23N5O2. The first kappa shape index (κ1) is 17.2. The smallest absolute Gasteiger partial charge is 0.228 e. The third-order valence-corrected chi connectivity index (χ3v) is 4.91. The molecule has 1 aromatic heterocycles. The molecule has 3 aromatic rings. The lowest BCUT2D eigenvalue weighted by Gasteiger charge is -2.36. The van der Waals surface area contributed by atoms with Crippen LogP contribution in [0.15, 0.2) is 42.5 Å². The average Bonchev–Trinajstić information content (AvgIpc) is 2.73. The van der Waals surface area contributed by atoms with Gasteiger partial charge in [-0.05, 0) is 24.3 Å². The predicted molar refractivity (Wildman–Crippen MR) is 108 cm³/mol. The van der Waals surface area contributed by atoms with E-state index in [1.165, 1.54) is 5.69 Å². The van der Waals surface area contributed by atoms with E-state index in [1.807, 2.05) is 18.2 Å². The van der Waals surface area contributed by atoms with E-state index in [4.69, 9.17) is 20.2 Å². The Kier molecular flexibility index (Phi) is 4.58. The number of benzene rings is 2. The fourth-order valence-electron chi connectivity index (χ4n) is 3.47. The van der Waals surface area contributed by atoms with Crippen molar-refractivity contribution < 1.29 is 9.47 Å². The molecular weight excluding hydrogens is 342 g/mol. The zero-order valence-electron chi connectivity index (χ0n) is 15.6. The number of fused-ring (bicyclic) bond motifs is 1. The fraction of sp³-hybridized carbons (Fsp3) is 0.300. The van der Waals surface area contributed by atoms with Gasteiger partial charge in [0.25, 0.3) is 0 Å². The standard InChI is InChI=1S/C20H23N5O2/c1-26-16-9-8-15-17(18(16)27-2)22-20(23-19(15)21)25-12-10-24(11-13-25)14-6-4-3-5-7-14/h3-9H,10-13H2,1-2H3,(H2,21,22,23). The fourth-order valence-corrected chi connectivity index (χ4v) is 3.47. The number of aromatic nitrogens is 2. The Morgan fingerprint density at radius 3 is 2.22 bits per heavy atom. The number of anilines is 3. The number of para-hydroxylation sites is 1. The number of nitrogens with two attached hydrogens (primary N) is 1. The minimum absolute atomic E-state index is 0.446. The molecule has 7 heteroatoms. The van der Waals surface area contributed by atoms with Gasteiger partial charge in [-0.2, -0.15) is 4.98 Å². The van der Waals surface area contributed by atoms with Crippen LogP contribution in [0, 0.1) is 0 Å². The van der Waals surface area contributed by atoms with Crippen LogP contribution < -0.4 is 25.0 Å². The average molecular weight is 365 g/mol. The molecule has 1 aliphatic rings. The summed E-state index contributed by atoms with van der Waals surface area (Å²) in [5.41, 5.74) is 8.12. The lowest BCUT2D eigenvalue weighted by Crippen LogP contribution is -2.47. The molecule has 140 valence electrons. The maximum absolute atomic E-state index is 6.21. The number of rotatable bonds is 4. The van der Waals surface area contributed by atoms with Crippen LogP contribution >= 0.6 is 0 Å². The number of nitrogens with zero attached hydrogens (tertiary/aromatic N) is 4. The number of nitrogen functional groups attached to an aromatic ring is 1. The highest BCUT2D eigenvalue weighted by Gasteiger charge is 2.22. The number of piperazine rings is 1. The number of ether oxygens (including phenoxy) is 2. The van der Waals surface area contributed by atoms with Crippen molar-refractivity contribution in [2.75, 3.05) is 55.9 Å². The molecule has 1 fully saturated rings. The van der Waals surface area contributed by atoms with Crippen molar-refractivity contribution in [1.82, 2.24) is 9.97 Å². The van der Waals surface area contributed by atoms with Gasteiger partial charge in [-0.3, -0.25) is 0 Å². The minimum Gasteiger partial charge on any atom is -0.493 e. The molecule has 4 rings (SSSR count). The quantitative estimate of drug-likeness (QED) is 0.761. The zero-order valence-corrected chi connectivity index (χ0v) is 15.6. The predicted octanol–water partition coefficient (Wildman–Crippen LogP) is 2.56. The Labute approximate surface area is 158 Å². The summed E-state index contributed by atoms with van der Waals surface area (Å²) in [6.07, 6.45) is 0. The van der Waals surface area contributed by atoms with Gasteiger partial charge in [-0.15, -0.1) is 0 Å². The van der Waals surface area contributed by atoms with Crippen LogP contribution in [0.2, 0.25) is 0 Å². The van der Waals surface area contributed by atoms with E-state index in [-0.39, 0.29) is 0 Å². The van der Waals surface area contributed by atoms with Crippen molar-refractivity contribution in [3.8, 4) is 11.5 Å². The van der Waals surface area contributed by atoms with Gasteiger partial charge in [0.1, 0.15) is 11.3 Å².